The van der Waals surface area contributed by atoms with Gasteiger partial charge in [-0.3, -0.25) is 0 Å². The van der Waals surface area contributed by atoms with Gasteiger partial charge < -0.3 is 9.88 Å². The molecule has 0 aliphatic carbocycles. The Balaban J connectivity index is 2.09. The van der Waals surface area contributed by atoms with Gasteiger partial charge >= 0.3 is 0 Å². The number of rotatable bonds is 3. The van der Waals surface area contributed by atoms with Crippen molar-refractivity contribution >= 4 is 17.3 Å². The molecule has 0 spiro atoms. The third-order valence-electron chi connectivity index (χ3n) is 2.71. The summed E-state index contributed by atoms with van der Waals surface area (Å²) < 4.78 is 1.81. The quantitative estimate of drug-likeness (QED) is 0.864. The summed E-state index contributed by atoms with van der Waals surface area (Å²) in [6, 6.07) is 7.66. The molecule has 4 nitrogen and oxygen atoms in total. The second-order valence-electron chi connectivity index (χ2n) is 4.08. The third kappa shape index (κ3) is 2.63. The number of aromatic nitrogens is 2. The van der Waals surface area contributed by atoms with Crippen LogP contribution in [-0.2, 0) is 13.6 Å². The van der Waals surface area contributed by atoms with Gasteiger partial charge in [-0.15, -0.1) is 0 Å². The largest absolute Gasteiger partial charge is 0.379 e. The molecule has 2 aromatic heterocycles. The van der Waals surface area contributed by atoms with Crippen LogP contribution >= 0.6 is 11.6 Å². The van der Waals surface area contributed by atoms with Crippen LogP contribution in [0.2, 0.25) is 5.15 Å². The maximum atomic E-state index is 8.88. The third-order valence-corrected chi connectivity index (χ3v) is 2.92. The molecule has 0 atom stereocenters. The van der Waals surface area contributed by atoms with Crippen molar-refractivity contribution in [3.05, 3.63) is 46.5 Å². The Labute approximate surface area is 111 Å². The highest BCUT2D eigenvalue weighted by Crippen LogP contribution is 2.17. The summed E-state index contributed by atoms with van der Waals surface area (Å²) in [6.07, 6.45) is 1.93. The highest BCUT2D eigenvalue weighted by molar-refractivity contribution is 6.29. The molecule has 2 heterocycles. The number of hydrogen-bond acceptors (Lipinski definition) is 3. The number of nitrogens with one attached hydrogen (secondary N) is 1. The average molecular weight is 261 g/mol. The summed E-state index contributed by atoms with van der Waals surface area (Å²) in [5, 5.41) is 12.6. The summed E-state index contributed by atoms with van der Waals surface area (Å²) in [6.45, 7) is 2.56. The smallest absolute Gasteiger partial charge is 0.129 e. The van der Waals surface area contributed by atoms with Crippen LogP contribution in [0.4, 0.5) is 5.69 Å². The number of hydrogen-bond donors (Lipinski definition) is 1. The molecule has 0 bridgehead atoms. The van der Waals surface area contributed by atoms with E-state index in [4.69, 9.17) is 16.9 Å². The van der Waals surface area contributed by atoms with Gasteiger partial charge in [0.05, 0.1) is 11.4 Å². The fourth-order valence-corrected chi connectivity index (χ4v) is 1.95. The van der Waals surface area contributed by atoms with E-state index in [-0.39, 0.29) is 0 Å². The highest BCUT2D eigenvalue weighted by Gasteiger charge is 2.04. The molecule has 2 aromatic rings. The van der Waals surface area contributed by atoms with Crippen LogP contribution in [0.25, 0.3) is 0 Å². The summed E-state index contributed by atoms with van der Waals surface area (Å²) in [5.74, 6) is 0. The van der Waals surface area contributed by atoms with Crippen LogP contribution < -0.4 is 5.32 Å². The zero-order valence-electron chi connectivity index (χ0n) is 10.2. The first-order valence-corrected chi connectivity index (χ1v) is 5.90. The van der Waals surface area contributed by atoms with Crippen molar-refractivity contribution in [2.24, 2.45) is 7.05 Å². The van der Waals surface area contributed by atoms with Crippen LogP contribution in [0.15, 0.2) is 24.4 Å². The number of nitrogens with zero attached hydrogens (tertiary/aromatic N) is 3. The topological polar surface area (TPSA) is 53.6 Å². The van der Waals surface area contributed by atoms with Crippen molar-refractivity contribution in [1.29, 1.82) is 5.26 Å². The van der Waals surface area contributed by atoms with Gasteiger partial charge in [0.1, 0.15) is 16.9 Å². The summed E-state index contributed by atoms with van der Waals surface area (Å²) in [7, 11) is 1.86. The van der Waals surface area contributed by atoms with Crippen molar-refractivity contribution in [3.8, 4) is 6.07 Å². The van der Waals surface area contributed by atoms with Crippen molar-refractivity contribution in [2.75, 3.05) is 5.32 Å². The van der Waals surface area contributed by atoms with E-state index in [2.05, 4.69) is 16.4 Å². The van der Waals surface area contributed by atoms with Crippen molar-refractivity contribution < 1.29 is 0 Å². The maximum absolute atomic E-state index is 8.88. The van der Waals surface area contributed by atoms with E-state index in [0.29, 0.717) is 17.4 Å². The normalized spacial score (nSPS) is 10.1. The van der Waals surface area contributed by atoms with Crippen molar-refractivity contribution in [3.63, 3.8) is 0 Å². The molecular weight excluding hydrogens is 248 g/mol. The Morgan fingerprint density at radius 1 is 1.50 bits per heavy atom. The Hall–Kier alpha value is -1.99. The zero-order chi connectivity index (χ0) is 13.1. The highest BCUT2D eigenvalue weighted by atomic mass is 35.5. The van der Waals surface area contributed by atoms with Crippen LogP contribution in [0.5, 0.6) is 0 Å². The maximum Gasteiger partial charge on any atom is 0.129 e. The lowest BCUT2D eigenvalue weighted by molar-refractivity contribution is 0.902. The number of aryl methyl sites for hydroxylation is 2. The number of pyridine rings is 1. The lowest BCUT2D eigenvalue weighted by atomic mass is 10.2. The predicted molar refractivity (Wildman–Crippen MR) is 71.4 cm³/mol. The van der Waals surface area contributed by atoms with E-state index in [1.807, 2.05) is 36.9 Å². The van der Waals surface area contributed by atoms with Gasteiger partial charge in [0.25, 0.3) is 0 Å². The molecule has 0 aliphatic rings. The van der Waals surface area contributed by atoms with Gasteiger partial charge in [0, 0.05) is 19.8 Å². The first kappa shape index (κ1) is 12.5. The summed E-state index contributed by atoms with van der Waals surface area (Å²) in [4.78, 5) is 4.17. The van der Waals surface area contributed by atoms with E-state index in [1.165, 1.54) is 0 Å². The van der Waals surface area contributed by atoms with Crippen LogP contribution in [-0.4, -0.2) is 9.55 Å². The molecule has 5 heteroatoms. The molecule has 0 amide bonds. The Morgan fingerprint density at radius 3 is 2.89 bits per heavy atom. The van der Waals surface area contributed by atoms with Crippen LogP contribution in [0, 0.1) is 18.3 Å². The molecule has 0 aliphatic heterocycles. The standard InChI is InChI=1S/C13H13ClN4/c1-9-12(3-4-13(14)17-9)16-7-10-5-11(6-15)18(2)8-10/h3-5,8,16H,7H2,1-2H3. The molecule has 0 fully saturated rings. The first-order chi connectivity index (χ1) is 8.60. The lowest BCUT2D eigenvalue weighted by Gasteiger charge is -2.07. The SMILES string of the molecule is Cc1nc(Cl)ccc1NCc1cc(C#N)n(C)c1. The lowest BCUT2D eigenvalue weighted by Crippen LogP contribution is -2.01. The second-order valence-corrected chi connectivity index (χ2v) is 4.46. The molecule has 0 radical (unpaired) electrons. The molecule has 0 saturated carbocycles. The Bertz CT molecular complexity index is 610. The van der Waals surface area contributed by atoms with Gasteiger partial charge in [-0.05, 0) is 30.7 Å². The average Bonchev–Trinajstić information content (AvgIpc) is 2.69. The monoisotopic (exact) mass is 260 g/mol. The van der Waals surface area contributed by atoms with E-state index >= 15 is 0 Å². The van der Waals surface area contributed by atoms with E-state index in [9.17, 15) is 0 Å². The number of anilines is 1. The number of halogens is 1. The van der Waals surface area contributed by atoms with E-state index < -0.39 is 0 Å². The molecular formula is C13H13ClN4. The molecule has 92 valence electrons. The fourth-order valence-electron chi connectivity index (χ4n) is 1.76. The van der Waals surface area contributed by atoms with E-state index in [1.54, 1.807) is 6.07 Å². The predicted octanol–water partition coefficient (Wildman–Crippen LogP) is 2.87. The van der Waals surface area contributed by atoms with Crippen LogP contribution in [0.1, 0.15) is 17.0 Å². The minimum Gasteiger partial charge on any atom is -0.379 e. The van der Waals surface area contributed by atoms with Crippen molar-refractivity contribution in [2.45, 2.75) is 13.5 Å². The minimum atomic E-state index is 0.490. The molecule has 1 N–H and O–H groups in total. The molecule has 0 saturated heterocycles. The zero-order valence-corrected chi connectivity index (χ0v) is 11.0. The second kappa shape index (κ2) is 5.11. The van der Waals surface area contributed by atoms with Crippen LogP contribution in [0.3, 0.4) is 0 Å². The van der Waals surface area contributed by atoms with Gasteiger partial charge in [0.15, 0.2) is 0 Å². The summed E-state index contributed by atoms with van der Waals surface area (Å²) in [5.41, 5.74) is 3.52. The van der Waals surface area contributed by atoms with Gasteiger partial charge in [-0.2, -0.15) is 5.26 Å². The van der Waals surface area contributed by atoms with Gasteiger partial charge in [0.2, 0.25) is 0 Å². The number of nitriles is 1. The van der Waals surface area contributed by atoms with Crippen molar-refractivity contribution in [1.82, 2.24) is 9.55 Å². The molecule has 0 unspecified atom stereocenters. The van der Waals surface area contributed by atoms with E-state index in [0.717, 1.165) is 16.9 Å². The minimum absolute atomic E-state index is 0.490. The first-order valence-electron chi connectivity index (χ1n) is 5.52. The Morgan fingerprint density at radius 2 is 2.28 bits per heavy atom. The fraction of sp³-hybridized carbons (Fsp3) is 0.231. The molecule has 0 aromatic carbocycles. The molecule has 2 rings (SSSR count). The van der Waals surface area contributed by atoms with Gasteiger partial charge in [-0.25, -0.2) is 4.98 Å². The molecule has 18 heavy (non-hydrogen) atoms. The summed E-state index contributed by atoms with van der Waals surface area (Å²) >= 11 is 5.80. The Kier molecular flexibility index (Phi) is 3.54. The van der Waals surface area contributed by atoms with Gasteiger partial charge in [-0.1, -0.05) is 11.6 Å².